The summed E-state index contributed by atoms with van der Waals surface area (Å²) in [4.78, 5) is 0. The zero-order valence-corrected chi connectivity index (χ0v) is 12.8. The van der Waals surface area contributed by atoms with E-state index in [0.717, 1.165) is 0 Å². The topological polar surface area (TPSA) is 101 Å². The maximum Gasteiger partial charge on any atom is 0.282 e. The first-order chi connectivity index (χ1) is 5.74. The summed E-state index contributed by atoms with van der Waals surface area (Å²) < 4.78 is 16.2. The van der Waals surface area contributed by atoms with Crippen LogP contribution in [0.4, 0.5) is 0 Å². The lowest BCUT2D eigenvalue weighted by molar-refractivity contribution is -0.377. The minimum Gasteiger partial charge on any atom is -1.00 e. The van der Waals surface area contributed by atoms with Crippen LogP contribution in [0.2, 0.25) is 0 Å². The van der Waals surface area contributed by atoms with E-state index in [2.05, 4.69) is 0 Å². The Morgan fingerprint density at radius 3 is 1.06 bits per heavy atom. The van der Waals surface area contributed by atoms with Crippen molar-refractivity contribution in [3.63, 3.8) is 0 Å². The van der Waals surface area contributed by atoms with Gasteiger partial charge >= 0.3 is 0 Å². The van der Waals surface area contributed by atoms with Crippen molar-refractivity contribution in [2.24, 2.45) is 0 Å². The smallest absolute Gasteiger partial charge is 0.282 e. The number of rotatable bonds is 7. The highest BCUT2D eigenvalue weighted by atomic mass is 35.5. The van der Waals surface area contributed by atoms with Gasteiger partial charge in [-0.1, -0.05) is 6.92 Å². The molecule has 0 fully saturated rings. The van der Waals surface area contributed by atoms with Crippen LogP contribution in [0.3, 0.4) is 0 Å². The van der Waals surface area contributed by atoms with Crippen LogP contribution in [0.25, 0.3) is 0 Å². The SMILES string of the molecule is CCOC(CC)(OCC)OCC.[Cl-].[Cl-].[NH4+].[NH4+]. The Hall–Kier alpha value is 0.380. The fraction of sp³-hybridized carbons (Fsp3) is 1.00. The lowest BCUT2D eigenvalue weighted by Gasteiger charge is -2.31. The van der Waals surface area contributed by atoms with Crippen LogP contribution < -0.4 is 37.1 Å². The average molecular weight is 283 g/mol. The van der Waals surface area contributed by atoms with E-state index in [0.29, 0.717) is 26.2 Å². The summed E-state index contributed by atoms with van der Waals surface area (Å²) in [6.45, 7) is 9.60. The lowest BCUT2D eigenvalue weighted by atomic mass is 10.4. The van der Waals surface area contributed by atoms with E-state index in [4.69, 9.17) is 14.2 Å². The summed E-state index contributed by atoms with van der Waals surface area (Å²) in [5, 5.41) is 0. The third-order valence-corrected chi connectivity index (χ3v) is 1.53. The van der Waals surface area contributed by atoms with E-state index in [1.165, 1.54) is 0 Å². The highest BCUT2D eigenvalue weighted by Crippen LogP contribution is 2.19. The first-order valence-corrected chi connectivity index (χ1v) is 4.66. The minimum absolute atomic E-state index is 0. The maximum absolute atomic E-state index is 5.42. The van der Waals surface area contributed by atoms with Gasteiger partial charge in [0.2, 0.25) is 0 Å². The molecule has 0 aliphatic rings. The molecule has 0 aromatic rings. The predicted molar refractivity (Wildman–Crippen MR) is 59.9 cm³/mol. The Morgan fingerprint density at radius 2 is 0.938 bits per heavy atom. The van der Waals surface area contributed by atoms with Gasteiger partial charge in [0, 0.05) is 26.2 Å². The lowest BCUT2D eigenvalue weighted by Crippen LogP contribution is -3.00. The average Bonchev–Trinajstić information content (AvgIpc) is 2.06. The highest BCUT2D eigenvalue weighted by molar-refractivity contribution is 4.53. The second-order valence-corrected chi connectivity index (χ2v) is 2.34. The summed E-state index contributed by atoms with van der Waals surface area (Å²) >= 11 is 0. The van der Waals surface area contributed by atoms with Crippen molar-refractivity contribution in [2.45, 2.75) is 40.1 Å². The number of hydrogen-bond acceptors (Lipinski definition) is 3. The van der Waals surface area contributed by atoms with Crippen molar-refractivity contribution in [3.8, 4) is 0 Å². The van der Waals surface area contributed by atoms with Gasteiger partial charge < -0.3 is 51.3 Å². The van der Waals surface area contributed by atoms with Gasteiger partial charge in [-0.25, -0.2) is 0 Å². The van der Waals surface area contributed by atoms with E-state index in [9.17, 15) is 0 Å². The second kappa shape index (κ2) is 17.8. The van der Waals surface area contributed by atoms with E-state index in [1.54, 1.807) is 0 Å². The van der Waals surface area contributed by atoms with Crippen LogP contribution in [0.15, 0.2) is 0 Å². The normalized spacial score (nSPS) is 9.00. The molecule has 0 amide bonds. The zero-order chi connectivity index (χ0) is 9.45. The monoisotopic (exact) mass is 282 g/mol. The fourth-order valence-corrected chi connectivity index (χ4v) is 1.09. The van der Waals surface area contributed by atoms with Gasteiger partial charge in [-0.2, -0.15) is 0 Å². The van der Waals surface area contributed by atoms with Crippen molar-refractivity contribution in [2.75, 3.05) is 19.8 Å². The Labute approximate surface area is 112 Å². The molecule has 0 aliphatic carbocycles. The summed E-state index contributed by atoms with van der Waals surface area (Å²) in [5.74, 6) is -0.807. The molecule has 106 valence electrons. The molecule has 0 spiro atoms. The van der Waals surface area contributed by atoms with E-state index < -0.39 is 5.97 Å². The third-order valence-electron chi connectivity index (χ3n) is 1.53. The van der Waals surface area contributed by atoms with Gasteiger partial charge in [-0.15, -0.1) is 0 Å². The molecule has 7 heteroatoms. The van der Waals surface area contributed by atoms with Crippen LogP contribution in [-0.2, 0) is 14.2 Å². The molecule has 0 aromatic heterocycles. The quantitative estimate of drug-likeness (QED) is 0.484. The van der Waals surface area contributed by atoms with Crippen molar-refractivity contribution >= 4 is 0 Å². The van der Waals surface area contributed by atoms with Gasteiger partial charge in [-0.05, 0) is 20.8 Å². The van der Waals surface area contributed by atoms with Gasteiger partial charge in [0.05, 0.1) is 0 Å². The molecule has 0 rings (SSSR count). The molecule has 0 bridgehead atoms. The Kier molecular flexibility index (Phi) is 33.2. The van der Waals surface area contributed by atoms with Crippen LogP contribution in [0, 0.1) is 0 Å². The Bertz CT molecular complexity index is 104. The van der Waals surface area contributed by atoms with Crippen molar-refractivity contribution in [3.05, 3.63) is 0 Å². The molecule has 5 nitrogen and oxygen atoms in total. The van der Waals surface area contributed by atoms with Crippen molar-refractivity contribution in [1.82, 2.24) is 12.3 Å². The number of hydrogen-bond donors (Lipinski definition) is 2. The number of ether oxygens (including phenoxy) is 3. The third kappa shape index (κ3) is 10.9. The Balaban J connectivity index is -0.000000101. The van der Waals surface area contributed by atoms with Crippen molar-refractivity contribution < 1.29 is 39.0 Å². The fourth-order valence-electron chi connectivity index (χ4n) is 1.09. The highest BCUT2D eigenvalue weighted by Gasteiger charge is 2.29. The molecule has 0 aliphatic heterocycles. The van der Waals surface area contributed by atoms with Crippen LogP contribution in [0.1, 0.15) is 34.1 Å². The molecule has 0 radical (unpaired) electrons. The van der Waals surface area contributed by atoms with E-state index >= 15 is 0 Å². The second-order valence-electron chi connectivity index (χ2n) is 2.34. The Morgan fingerprint density at radius 1 is 0.688 bits per heavy atom. The van der Waals surface area contributed by atoms with Gasteiger partial charge in [0.15, 0.2) is 0 Å². The molecular formula is C9H28Cl2N2O3. The van der Waals surface area contributed by atoms with Crippen molar-refractivity contribution in [1.29, 1.82) is 0 Å². The first kappa shape index (κ1) is 29.9. The molecule has 0 atom stereocenters. The largest absolute Gasteiger partial charge is 1.00 e. The van der Waals surface area contributed by atoms with Crippen LogP contribution >= 0.6 is 0 Å². The molecular weight excluding hydrogens is 255 g/mol. The molecule has 0 saturated heterocycles. The van der Waals surface area contributed by atoms with Gasteiger partial charge in [0.25, 0.3) is 5.97 Å². The van der Waals surface area contributed by atoms with Crippen LogP contribution in [-0.4, -0.2) is 25.8 Å². The number of quaternary nitrogens is 2. The van der Waals surface area contributed by atoms with Crippen LogP contribution in [0.5, 0.6) is 0 Å². The van der Waals surface area contributed by atoms with Gasteiger partial charge in [-0.3, -0.25) is 0 Å². The molecule has 0 heterocycles. The summed E-state index contributed by atoms with van der Waals surface area (Å²) in [6.07, 6.45) is 0.711. The number of halogens is 2. The standard InChI is InChI=1S/C9H20O3.2ClH.2H3N/c1-5-9(10-6-2,11-7-3)12-8-4;;;;/h5-8H2,1-4H3;2*1H;2*1H3. The van der Waals surface area contributed by atoms with E-state index in [1.807, 2.05) is 27.7 Å². The molecule has 0 saturated carbocycles. The first-order valence-electron chi connectivity index (χ1n) is 4.66. The maximum atomic E-state index is 5.42. The summed E-state index contributed by atoms with van der Waals surface area (Å²) in [7, 11) is 0. The molecule has 0 aromatic carbocycles. The summed E-state index contributed by atoms with van der Waals surface area (Å²) in [5.41, 5.74) is 0. The predicted octanol–water partition coefficient (Wildman–Crippen LogP) is -3.08. The molecule has 16 heavy (non-hydrogen) atoms. The van der Waals surface area contributed by atoms with Gasteiger partial charge in [0.1, 0.15) is 0 Å². The van der Waals surface area contributed by atoms with E-state index in [-0.39, 0.29) is 37.1 Å². The summed E-state index contributed by atoms with van der Waals surface area (Å²) in [6, 6.07) is 0. The molecule has 0 unspecified atom stereocenters. The zero-order valence-electron chi connectivity index (χ0n) is 11.3. The molecule has 8 N–H and O–H groups in total. The minimum atomic E-state index is -0.807.